The van der Waals surface area contributed by atoms with Gasteiger partial charge in [-0.1, -0.05) is 0 Å². The molecule has 0 aliphatic rings. The Kier molecular flexibility index (Phi) is 4.47. The highest BCUT2D eigenvalue weighted by Gasteiger charge is 2.19. The molecule has 0 aromatic heterocycles. The first kappa shape index (κ1) is 13.5. The Morgan fingerprint density at radius 2 is 1.82 bits per heavy atom. The van der Waals surface area contributed by atoms with Crippen molar-refractivity contribution in [2.45, 2.75) is 6.10 Å². The summed E-state index contributed by atoms with van der Waals surface area (Å²) in [5.74, 6) is -4.93. The van der Waals surface area contributed by atoms with Gasteiger partial charge >= 0.3 is 0 Å². The van der Waals surface area contributed by atoms with Crippen LogP contribution in [0.5, 0.6) is 0 Å². The Morgan fingerprint density at radius 1 is 1.29 bits per heavy atom. The fourth-order valence-corrected chi connectivity index (χ4v) is 1.12. The van der Waals surface area contributed by atoms with Crippen molar-refractivity contribution in [3.63, 3.8) is 0 Å². The van der Waals surface area contributed by atoms with Gasteiger partial charge in [-0.05, 0) is 0 Å². The molecule has 1 aromatic rings. The second kappa shape index (κ2) is 5.65. The summed E-state index contributed by atoms with van der Waals surface area (Å²) in [5, 5.41) is 19.4. The molecule has 0 spiro atoms. The van der Waals surface area contributed by atoms with Crippen molar-refractivity contribution >= 4 is 5.91 Å². The number of hydrogen-bond donors (Lipinski definition) is 3. The molecule has 0 bridgehead atoms. The molecule has 0 heterocycles. The number of hydrogen-bond acceptors (Lipinski definition) is 3. The van der Waals surface area contributed by atoms with Gasteiger partial charge in [0.1, 0.15) is 23.0 Å². The normalized spacial score (nSPS) is 12.3. The third-order valence-corrected chi connectivity index (χ3v) is 1.94. The van der Waals surface area contributed by atoms with Gasteiger partial charge in [-0.3, -0.25) is 4.79 Å². The van der Waals surface area contributed by atoms with Gasteiger partial charge in [-0.25, -0.2) is 13.2 Å². The number of carbonyl (C=O) groups is 1. The molecule has 1 amide bonds. The Morgan fingerprint density at radius 3 is 2.29 bits per heavy atom. The average Bonchev–Trinajstić information content (AvgIpc) is 2.24. The lowest BCUT2D eigenvalue weighted by molar-refractivity contribution is 0.0796. The van der Waals surface area contributed by atoms with Gasteiger partial charge in [0.2, 0.25) is 0 Å². The van der Waals surface area contributed by atoms with Crippen LogP contribution in [0.2, 0.25) is 0 Å². The highest BCUT2D eigenvalue weighted by molar-refractivity contribution is 5.94. The fourth-order valence-electron chi connectivity index (χ4n) is 1.12. The minimum atomic E-state index is -1.33. The number of benzene rings is 1. The molecule has 1 atom stereocenters. The topological polar surface area (TPSA) is 69.6 Å². The van der Waals surface area contributed by atoms with Crippen LogP contribution in [0.15, 0.2) is 12.1 Å². The van der Waals surface area contributed by atoms with E-state index in [2.05, 4.69) is 0 Å². The first-order chi connectivity index (χ1) is 7.95. The predicted octanol–water partition coefficient (Wildman–Crippen LogP) is 0.187. The quantitative estimate of drug-likeness (QED) is 0.713. The summed E-state index contributed by atoms with van der Waals surface area (Å²) in [7, 11) is 0. The van der Waals surface area contributed by atoms with Crippen molar-refractivity contribution in [2.75, 3.05) is 13.2 Å². The highest BCUT2D eigenvalue weighted by atomic mass is 19.1. The van der Waals surface area contributed by atoms with Crippen LogP contribution in [0.4, 0.5) is 13.2 Å². The molecular formula is C10H10F3NO3. The minimum absolute atomic E-state index is 0.369. The van der Waals surface area contributed by atoms with E-state index in [0.29, 0.717) is 12.1 Å². The molecule has 0 saturated carbocycles. The number of nitrogens with one attached hydrogen (secondary N) is 1. The van der Waals surface area contributed by atoms with Gasteiger partial charge < -0.3 is 15.5 Å². The zero-order valence-electron chi connectivity index (χ0n) is 8.58. The average molecular weight is 249 g/mol. The van der Waals surface area contributed by atoms with E-state index in [1.54, 1.807) is 0 Å². The summed E-state index contributed by atoms with van der Waals surface area (Å²) < 4.78 is 38.8. The number of halogens is 3. The fraction of sp³-hybridized carbons (Fsp3) is 0.300. The van der Waals surface area contributed by atoms with Crippen LogP contribution in [-0.4, -0.2) is 35.4 Å². The van der Waals surface area contributed by atoms with E-state index in [9.17, 15) is 18.0 Å². The molecule has 0 aliphatic heterocycles. The molecule has 94 valence electrons. The van der Waals surface area contributed by atoms with Crippen LogP contribution in [0.1, 0.15) is 10.4 Å². The van der Waals surface area contributed by atoms with Crippen LogP contribution in [0.3, 0.4) is 0 Å². The van der Waals surface area contributed by atoms with Gasteiger partial charge in [-0.15, -0.1) is 0 Å². The molecule has 17 heavy (non-hydrogen) atoms. The minimum Gasteiger partial charge on any atom is -0.394 e. The second-order valence-corrected chi connectivity index (χ2v) is 3.29. The van der Waals surface area contributed by atoms with Gasteiger partial charge in [0, 0.05) is 18.7 Å². The Hall–Kier alpha value is -1.60. The lowest BCUT2D eigenvalue weighted by Gasteiger charge is -2.10. The van der Waals surface area contributed by atoms with Crippen LogP contribution in [0, 0.1) is 17.5 Å². The number of amides is 1. The first-order valence-corrected chi connectivity index (χ1v) is 4.67. The summed E-state index contributed by atoms with van der Waals surface area (Å²) in [5.41, 5.74) is -0.934. The molecule has 1 rings (SSSR count). The maximum absolute atomic E-state index is 13.1. The zero-order valence-corrected chi connectivity index (χ0v) is 8.58. The van der Waals surface area contributed by atoms with Gasteiger partial charge in [0.05, 0.1) is 12.7 Å². The van der Waals surface area contributed by atoms with E-state index < -0.39 is 41.6 Å². The number of aliphatic hydroxyl groups excluding tert-OH is 2. The Bertz CT molecular complexity index is 402. The molecule has 0 fully saturated rings. The smallest absolute Gasteiger partial charge is 0.257 e. The molecule has 4 nitrogen and oxygen atoms in total. The molecule has 7 heteroatoms. The van der Waals surface area contributed by atoms with Crippen molar-refractivity contribution < 1.29 is 28.2 Å². The third-order valence-electron chi connectivity index (χ3n) is 1.94. The zero-order chi connectivity index (χ0) is 13.0. The van der Waals surface area contributed by atoms with Gasteiger partial charge in [-0.2, -0.15) is 0 Å². The third kappa shape index (κ3) is 3.43. The molecule has 1 unspecified atom stereocenters. The van der Waals surface area contributed by atoms with E-state index in [-0.39, 0.29) is 6.54 Å². The lowest BCUT2D eigenvalue weighted by atomic mass is 10.1. The summed E-state index contributed by atoms with van der Waals surface area (Å²) in [6.07, 6.45) is -1.23. The van der Waals surface area contributed by atoms with Crippen LogP contribution < -0.4 is 5.32 Å². The molecule has 3 N–H and O–H groups in total. The van der Waals surface area contributed by atoms with E-state index >= 15 is 0 Å². The van der Waals surface area contributed by atoms with Gasteiger partial charge in [0.25, 0.3) is 5.91 Å². The SMILES string of the molecule is O=C(NCC(O)CO)c1c(F)cc(F)cc1F. The number of carbonyl (C=O) groups excluding carboxylic acids is 1. The number of rotatable bonds is 4. The number of aliphatic hydroxyl groups is 2. The first-order valence-electron chi connectivity index (χ1n) is 4.67. The lowest BCUT2D eigenvalue weighted by Crippen LogP contribution is -2.34. The monoisotopic (exact) mass is 249 g/mol. The largest absolute Gasteiger partial charge is 0.394 e. The van der Waals surface area contributed by atoms with Crippen molar-refractivity contribution in [1.29, 1.82) is 0 Å². The maximum atomic E-state index is 13.1. The van der Waals surface area contributed by atoms with Gasteiger partial charge in [0.15, 0.2) is 0 Å². The van der Waals surface area contributed by atoms with Crippen molar-refractivity contribution in [3.05, 3.63) is 35.1 Å². The summed E-state index contributed by atoms with van der Waals surface area (Å²) in [6.45, 7) is -0.972. The summed E-state index contributed by atoms with van der Waals surface area (Å²) in [6, 6.07) is 0.751. The van der Waals surface area contributed by atoms with E-state index in [1.165, 1.54) is 0 Å². The molecule has 0 radical (unpaired) electrons. The summed E-state index contributed by atoms with van der Waals surface area (Å²) in [4.78, 5) is 11.3. The van der Waals surface area contributed by atoms with E-state index in [1.807, 2.05) is 5.32 Å². The molecule has 0 aliphatic carbocycles. The summed E-state index contributed by atoms with van der Waals surface area (Å²) >= 11 is 0. The highest BCUT2D eigenvalue weighted by Crippen LogP contribution is 2.14. The second-order valence-electron chi connectivity index (χ2n) is 3.29. The Balaban J connectivity index is 2.82. The molecule has 0 saturated heterocycles. The van der Waals surface area contributed by atoms with Crippen LogP contribution in [0.25, 0.3) is 0 Å². The van der Waals surface area contributed by atoms with Crippen LogP contribution in [-0.2, 0) is 0 Å². The Labute approximate surface area is 94.7 Å². The van der Waals surface area contributed by atoms with E-state index in [0.717, 1.165) is 0 Å². The molecule has 1 aromatic carbocycles. The molecular weight excluding hydrogens is 239 g/mol. The van der Waals surface area contributed by atoms with Crippen molar-refractivity contribution in [2.24, 2.45) is 0 Å². The van der Waals surface area contributed by atoms with Crippen molar-refractivity contribution in [3.8, 4) is 0 Å². The van der Waals surface area contributed by atoms with E-state index in [4.69, 9.17) is 10.2 Å². The standard InChI is InChI=1S/C10H10F3NO3/c11-5-1-7(12)9(8(13)2-5)10(17)14-3-6(16)4-15/h1-2,6,15-16H,3-4H2,(H,14,17). The predicted molar refractivity (Wildman–Crippen MR) is 51.7 cm³/mol. The van der Waals surface area contributed by atoms with Crippen molar-refractivity contribution in [1.82, 2.24) is 5.32 Å². The maximum Gasteiger partial charge on any atom is 0.257 e. The van der Waals surface area contributed by atoms with Crippen LogP contribution >= 0.6 is 0 Å².